The third-order valence-corrected chi connectivity index (χ3v) is 5.87. The molecule has 0 bridgehead atoms. The minimum absolute atomic E-state index is 0.647. The van der Waals surface area contributed by atoms with Gasteiger partial charge in [0.25, 0.3) is 0 Å². The Morgan fingerprint density at radius 1 is 0.906 bits per heavy atom. The molecule has 0 fully saturated rings. The highest BCUT2D eigenvalue weighted by Gasteiger charge is 2.19. The molecule has 4 aromatic rings. The number of halogens is 1. The molecule has 1 aromatic carbocycles. The van der Waals surface area contributed by atoms with E-state index in [0.717, 1.165) is 77.1 Å². The fraction of sp³-hybridized carbons (Fsp3) is 0.320. The number of aromatic nitrogens is 4. The van der Waals surface area contributed by atoms with E-state index in [0.29, 0.717) is 5.95 Å². The van der Waals surface area contributed by atoms with Crippen molar-refractivity contribution >= 4 is 33.2 Å². The van der Waals surface area contributed by atoms with E-state index in [1.165, 1.54) is 0 Å². The highest BCUT2D eigenvalue weighted by molar-refractivity contribution is 9.10. The highest BCUT2D eigenvalue weighted by atomic mass is 79.9. The van der Waals surface area contributed by atoms with Crippen LogP contribution in [0, 0.1) is 0 Å². The van der Waals surface area contributed by atoms with Gasteiger partial charge in [0.05, 0.1) is 16.8 Å². The molecular formula is C25H29BrN6. The van der Waals surface area contributed by atoms with Crippen LogP contribution in [-0.4, -0.2) is 32.7 Å². The van der Waals surface area contributed by atoms with E-state index in [4.69, 9.17) is 10.1 Å². The molecule has 0 aliphatic heterocycles. The molecule has 3 heterocycles. The van der Waals surface area contributed by atoms with Gasteiger partial charge in [-0.3, -0.25) is 0 Å². The molecule has 7 heteroatoms. The smallest absolute Gasteiger partial charge is 0.223 e. The first-order valence-corrected chi connectivity index (χ1v) is 12.1. The van der Waals surface area contributed by atoms with Crippen LogP contribution in [-0.2, 0) is 0 Å². The van der Waals surface area contributed by atoms with Crippen molar-refractivity contribution in [3.8, 4) is 22.5 Å². The average Bonchev–Trinajstić information content (AvgIpc) is 3.20. The lowest BCUT2D eigenvalue weighted by atomic mass is 10.0. The summed E-state index contributed by atoms with van der Waals surface area (Å²) in [6.45, 7) is 6.15. The number of rotatable bonds is 10. The summed E-state index contributed by atoms with van der Waals surface area (Å²) in [6, 6.07) is 16.5. The van der Waals surface area contributed by atoms with Gasteiger partial charge < -0.3 is 10.6 Å². The monoisotopic (exact) mass is 492 g/mol. The SMILES string of the molecule is CCCCNc1nccc(-c2c(-c3ccc(Br)cc3)nn3c(NCCCC)cccc23)n1. The molecule has 0 amide bonds. The molecule has 0 radical (unpaired) electrons. The van der Waals surface area contributed by atoms with Gasteiger partial charge in [-0.1, -0.05) is 60.8 Å². The summed E-state index contributed by atoms with van der Waals surface area (Å²) >= 11 is 3.54. The number of hydrogen-bond acceptors (Lipinski definition) is 5. The van der Waals surface area contributed by atoms with E-state index >= 15 is 0 Å². The zero-order valence-electron chi connectivity index (χ0n) is 18.6. The third kappa shape index (κ3) is 4.93. The molecule has 0 saturated heterocycles. The Morgan fingerprint density at radius 3 is 2.41 bits per heavy atom. The first kappa shape index (κ1) is 22.3. The maximum atomic E-state index is 5.03. The molecule has 0 aliphatic carbocycles. The van der Waals surface area contributed by atoms with E-state index in [-0.39, 0.29) is 0 Å². The van der Waals surface area contributed by atoms with Crippen molar-refractivity contribution in [2.75, 3.05) is 23.7 Å². The lowest BCUT2D eigenvalue weighted by molar-refractivity contribution is 0.822. The number of unbranched alkanes of at least 4 members (excludes halogenated alkanes) is 2. The lowest BCUT2D eigenvalue weighted by Crippen LogP contribution is -2.06. The zero-order chi connectivity index (χ0) is 22.3. The van der Waals surface area contributed by atoms with Crippen molar-refractivity contribution in [3.05, 3.63) is 59.2 Å². The van der Waals surface area contributed by atoms with Crippen molar-refractivity contribution in [1.29, 1.82) is 0 Å². The van der Waals surface area contributed by atoms with Crippen molar-refractivity contribution in [2.45, 2.75) is 39.5 Å². The predicted molar refractivity (Wildman–Crippen MR) is 136 cm³/mol. The maximum absolute atomic E-state index is 5.03. The maximum Gasteiger partial charge on any atom is 0.223 e. The van der Waals surface area contributed by atoms with Crippen LogP contribution >= 0.6 is 15.9 Å². The summed E-state index contributed by atoms with van der Waals surface area (Å²) in [4.78, 5) is 9.26. The second kappa shape index (κ2) is 10.6. The average molecular weight is 493 g/mol. The van der Waals surface area contributed by atoms with E-state index in [1.807, 2.05) is 28.9 Å². The Kier molecular flexibility index (Phi) is 7.37. The Hall–Kier alpha value is -2.93. The summed E-state index contributed by atoms with van der Waals surface area (Å²) in [7, 11) is 0. The first-order chi connectivity index (χ1) is 15.7. The fourth-order valence-corrected chi connectivity index (χ4v) is 3.88. The summed E-state index contributed by atoms with van der Waals surface area (Å²) in [6.07, 6.45) is 6.29. The second-order valence-corrected chi connectivity index (χ2v) is 8.68. The number of anilines is 2. The van der Waals surface area contributed by atoms with Gasteiger partial charge in [0.2, 0.25) is 5.95 Å². The summed E-state index contributed by atoms with van der Waals surface area (Å²) in [5.41, 5.74) is 4.83. The third-order valence-electron chi connectivity index (χ3n) is 5.34. The number of nitrogens with zero attached hydrogens (tertiary/aromatic N) is 4. The second-order valence-electron chi connectivity index (χ2n) is 7.76. The van der Waals surface area contributed by atoms with Gasteiger partial charge in [0.15, 0.2) is 0 Å². The number of hydrogen-bond donors (Lipinski definition) is 2. The Balaban J connectivity index is 1.84. The van der Waals surface area contributed by atoms with Crippen LogP contribution in [0.25, 0.3) is 28.0 Å². The lowest BCUT2D eigenvalue weighted by Gasteiger charge is -2.08. The highest BCUT2D eigenvalue weighted by Crippen LogP contribution is 2.36. The van der Waals surface area contributed by atoms with Crippen LogP contribution in [0.3, 0.4) is 0 Å². The molecule has 3 aromatic heterocycles. The minimum Gasteiger partial charge on any atom is -0.370 e. The van der Waals surface area contributed by atoms with Crippen molar-refractivity contribution < 1.29 is 0 Å². The van der Waals surface area contributed by atoms with E-state index in [9.17, 15) is 0 Å². The number of nitrogens with one attached hydrogen (secondary N) is 2. The quantitative estimate of drug-likeness (QED) is 0.242. The van der Waals surface area contributed by atoms with Crippen molar-refractivity contribution in [3.63, 3.8) is 0 Å². The van der Waals surface area contributed by atoms with E-state index in [1.54, 1.807) is 0 Å². The van der Waals surface area contributed by atoms with Crippen LogP contribution in [0.1, 0.15) is 39.5 Å². The predicted octanol–water partition coefficient (Wildman–Crippen LogP) is 6.64. The Bertz CT molecular complexity index is 1170. The summed E-state index contributed by atoms with van der Waals surface area (Å²) < 4.78 is 3.03. The summed E-state index contributed by atoms with van der Waals surface area (Å²) in [5.74, 6) is 1.63. The van der Waals surface area contributed by atoms with Gasteiger partial charge in [-0.15, -0.1) is 0 Å². The van der Waals surface area contributed by atoms with Gasteiger partial charge in [-0.25, -0.2) is 14.5 Å². The van der Waals surface area contributed by atoms with Crippen LogP contribution < -0.4 is 10.6 Å². The molecule has 0 saturated carbocycles. The molecule has 166 valence electrons. The van der Waals surface area contributed by atoms with Gasteiger partial charge in [0, 0.05) is 29.3 Å². The normalized spacial score (nSPS) is 11.1. The molecular weight excluding hydrogens is 464 g/mol. The van der Waals surface area contributed by atoms with Gasteiger partial charge in [-0.2, -0.15) is 5.10 Å². The first-order valence-electron chi connectivity index (χ1n) is 11.3. The fourth-order valence-electron chi connectivity index (χ4n) is 3.62. The number of benzene rings is 1. The van der Waals surface area contributed by atoms with Gasteiger partial charge >= 0.3 is 0 Å². The standard InChI is InChI=1S/C25H29BrN6/c1-3-5-15-27-22-9-7-8-21-23(20-14-17-29-25(30-20)28-16-6-4-2)24(31-32(21)22)18-10-12-19(26)13-11-18/h7-14,17,27H,3-6,15-16H2,1-2H3,(H,28,29,30). The van der Waals surface area contributed by atoms with Gasteiger partial charge in [-0.05, 0) is 43.2 Å². The molecule has 0 aliphatic rings. The van der Waals surface area contributed by atoms with Crippen LogP contribution in [0.15, 0.2) is 59.2 Å². The molecule has 0 spiro atoms. The van der Waals surface area contributed by atoms with Crippen LogP contribution in [0.5, 0.6) is 0 Å². The summed E-state index contributed by atoms with van der Waals surface area (Å²) in [5, 5.41) is 11.9. The Labute approximate surface area is 197 Å². The Morgan fingerprint density at radius 2 is 1.66 bits per heavy atom. The number of pyridine rings is 1. The van der Waals surface area contributed by atoms with Gasteiger partial charge in [0.1, 0.15) is 11.5 Å². The molecule has 2 N–H and O–H groups in total. The molecule has 32 heavy (non-hydrogen) atoms. The topological polar surface area (TPSA) is 67.1 Å². The van der Waals surface area contributed by atoms with Crippen molar-refractivity contribution in [2.24, 2.45) is 0 Å². The number of fused-ring (bicyclic) bond motifs is 1. The van der Waals surface area contributed by atoms with Crippen LogP contribution in [0.2, 0.25) is 0 Å². The van der Waals surface area contributed by atoms with Crippen LogP contribution in [0.4, 0.5) is 11.8 Å². The molecule has 4 rings (SSSR count). The minimum atomic E-state index is 0.647. The zero-order valence-corrected chi connectivity index (χ0v) is 20.2. The largest absolute Gasteiger partial charge is 0.370 e. The van der Waals surface area contributed by atoms with E-state index in [2.05, 4.69) is 75.7 Å². The molecule has 0 unspecified atom stereocenters. The van der Waals surface area contributed by atoms with E-state index < -0.39 is 0 Å². The molecule has 6 nitrogen and oxygen atoms in total. The van der Waals surface area contributed by atoms with Crippen molar-refractivity contribution in [1.82, 2.24) is 19.6 Å². The molecule has 0 atom stereocenters.